The van der Waals surface area contributed by atoms with Gasteiger partial charge in [0.05, 0.1) is 16.6 Å². The number of carbonyl (C=O) groups is 1. The molecule has 30 heavy (non-hydrogen) atoms. The molecule has 5 rings (SSSR count). The zero-order valence-corrected chi connectivity index (χ0v) is 17.3. The second-order valence-electron chi connectivity index (χ2n) is 7.89. The monoisotopic (exact) mass is 399 g/mol. The van der Waals surface area contributed by atoms with Gasteiger partial charge in [0.15, 0.2) is 5.82 Å². The van der Waals surface area contributed by atoms with Crippen LogP contribution >= 0.6 is 0 Å². The Morgan fingerprint density at radius 2 is 1.67 bits per heavy atom. The summed E-state index contributed by atoms with van der Waals surface area (Å²) in [6, 6.07) is 18.3. The van der Waals surface area contributed by atoms with Crippen molar-refractivity contribution in [1.29, 1.82) is 0 Å². The fraction of sp³-hybridized carbons (Fsp3) is 0.250. The van der Waals surface area contributed by atoms with Gasteiger partial charge in [0.25, 0.3) is 0 Å². The molecule has 1 aliphatic heterocycles. The van der Waals surface area contributed by atoms with Crippen LogP contribution in [0.2, 0.25) is 0 Å². The molecule has 0 aliphatic carbocycles. The Bertz CT molecular complexity index is 1240. The molecule has 6 nitrogen and oxygen atoms in total. The lowest BCUT2D eigenvalue weighted by molar-refractivity contribution is 0.208. The van der Waals surface area contributed by atoms with Crippen LogP contribution in [0.5, 0.6) is 0 Å². The summed E-state index contributed by atoms with van der Waals surface area (Å²) < 4.78 is 2.19. The van der Waals surface area contributed by atoms with Gasteiger partial charge < -0.3 is 19.5 Å². The highest BCUT2D eigenvalue weighted by molar-refractivity contribution is 5.90. The summed E-state index contributed by atoms with van der Waals surface area (Å²) in [4.78, 5) is 21.8. The maximum absolute atomic E-state index is 12.7. The van der Waals surface area contributed by atoms with E-state index in [0.29, 0.717) is 13.1 Å². The SMILES string of the molecule is Cc1ccc(NC(=O)N2CCN(c3nc4ccccc4n4cccc34)CC2)cc1C. The van der Waals surface area contributed by atoms with Gasteiger partial charge in [0.2, 0.25) is 0 Å². The van der Waals surface area contributed by atoms with Gasteiger partial charge >= 0.3 is 6.03 Å². The predicted molar refractivity (Wildman–Crippen MR) is 121 cm³/mol. The van der Waals surface area contributed by atoms with Crippen molar-refractivity contribution in [3.63, 3.8) is 0 Å². The Morgan fingerprint density at radius 3 is 2.47 bits per heavy atom. The van der Waals surface area contributed by atoms with E-state index in [1.165, 1.54) is 11.1 Å². The molecule has 1 fully saturated rings. The highest BCUT2D eigenvalue weighted by Crippen LogP contribution is 2.26. The average molecular weight is 399 g/mol. The molecular weight excluding hydrogens is 374 g/mol. The number of amides is 2. The van der Waals surface area contributed by atoms with E-state index in [4.69, 9.17) is 4.98 Å². The van der Waals surface area contributed by atoms with Crippen LogP contribution in [0.25, 0.3) is 16.6 Å². The topological polar surface area (TPSA) is 52.9 Å². The van der Waals surface area contributed by atoms with Gasteiger partial charge in [0, 0.05) is 38.1 Å². The molecule has 2 amide bonds. The Morgan fingerprint density at radius 1 is 0.900 bits per heavy atom. The third-order valence-corrected chi connectivity index (χ3v) is 5.97. The van der Waals surface area contributed by atoms with Crippen LogP contribution in [0.15, 0.2) is 60.8 Å². The zero-order chi connectivity index (χ0) is 20.7. The highest BCUT2D eigenvalue weighted by Gasteiger charge is 2.24. The third-order valence-electron chi connectivity index (χ3n) is 5.97. The van der Waals surface area contributed by atoms with Crippen LogP contribution in [0.1, 0.15) is 11.1 Å². The molecule has 0 bridgehead atoms. The number of urea groups is 1. The molecule has 1 N–H and O–H groups in total. The van der Waals surface area contributed by atoms with Crippen LogP contribution in [0.3, 0.4) is 0 Å². The first-order chi connectivity index (χ1) is 14.6. The van der Waals surface area contributed by atoms with Gasteiger partial charge in [-0.05, 0) is 61.4 Å². The summed E-state index contributed by atoms with van der Waals surface area (Å²) in [6.45, 7) is 6.97. The number of anilines is 2. The van der Waals surface area contributed by atoms with E-state index in [2.05, 4.69) is 52.9 Å². The Kier molecular flexibility index (Phi) is 4.54. The molecule has 2 aromatic heterocycles. The molecule has 3 heterocycles. The summed E-state index contributed by atoms with van der Waals surface area (Å²) in [5.41, 5.74) is 6.43. The number of hydrogen-bond acceptors (Lipinski definition) is 3. The van der Waals surface area contributed by atoms with Crippen molar-refractivity contribution in [2.75, 3.05) is 36.4 Å². The van der Waals surface area contributed by atoms with E-state index < -0.39 is 0 Å². The maximum atomic E-state index is 12.7. The molecule has 1 aliphatic rings. The fourth-order valence-corrected chi connectivity index (χ4v) is 4.08. The Labute approximate surface area is 175 Å². The number of hydrogen-bond donors (Lipinski definition) is 1. The number of aromatic nitrogens is 2. The number of nitrogens with one attached hydrogen (secondary N) is 1. The number of para-hydroxylation sites is 2. The van der Waals surface area contributed by atoms with Crippen molar-refractivity contribution < 1.29 is 4.79 Å². The fourth-order valence-electron chi connectivity index (χ4n) is 4.08. The van der Waals surface area contributed by atoms with Gasteiger partial charge in [-0.3, -0.25) is 0 Å². The Balaban J connectivity index is 1.32. The van der Waals surface area contributed by atoms with Crippen LogP contribution in [0.4, 0.5) is 16.3 Å². The van der Waals surface area contributed by atoms with E-state index in [1.807, 2.05) is 41.3 Å². The highest BCUT2D eigenvalue weighted by atomic mass is 16.2. The minimum Gasteiger partial charge on any atom is -0.351 e. The van der Waals surface area contributed by atoms with Crippen molar-refractivity contribution in [2.24, 2.45) is 0 Å². The van der Waals surface area contributed by atoms with Crippen LogP contribution < -0.4 is 10.2 Å². The molecule has 4 aromatic rings. The van der Waals surface area contributed by atoms with Crippen molar-refractivity contribution in [3.05, 3.63) is 71.9 Å². The van der Waals surface area contributed by atoms with Crippen molar-refractivity contribution in [3.8, 4) is 0 Å². The minimum atomic E-state index is -0.0443. The lowest BCUT2D eigenvalue weighted by Crippen LogP contribution is -2.50. The molecule has 2 aromatic carbocycles. The van der Waals surface area contributed by atoms with Crippen LogP contribution in [-0.4, -0.2) is 46.5 Å². The molecule has 0 radical (unpaired) electrons. The zero-order valence-electron chi connectivity index (χ0n) is 17.3. The maximum Gasteiger partial charge on any atom is 0.321 e. The number of piperazine rings is 1. The van der Waals surface area contributed by atoms with Crippen LogP contribution in [-0.2, 0) is 0 Å². The largest absolute Gasteiger partial charge is 0.351 e. The third kappa shape index (κ3) is 3.24. The van der Waals surface area contributed by atoms with E-state index in [1.54, 1.807) is 0 Å². The van der Waals surface area contributed by atoms with E-state index in [0.717, 1.165) is 41.1 Å². The second-order valence-corrected chi connectivity index (χ2v) is 7.89. The average Bonchev–Trinajstić information content (AvgIpc) is 3.26. The van der Waals surface area contributed by atoms with E-state index in [-0.39, 0.29) is 6.03 Å². The molecule has 0 spiro atoms. The summed E-state index contributed by atoms with van der Waals surface area (Å²) in [5.74, 6) is 0.980. The molecule has 152 valence electrons. The quantitative estimate of drug-likeness (QED) is 0.542. The lowest BCUT2D eigenvalue weighted by Gasteiger charge is -2.35. The minimum absolute atomic E-state index is 0.0443. The first-order valence-corrected chi connectivity index (χ1v) is 10.3. The number of carbonyl (C=O) groups excluding carboxylic acids is 1. The molecule has 1 saturated heterocycles. The van der Waals surface area contributed by atoms with Crippen molar-refractivity contribution >= 4 is 34.1 Å². The number of rotatable bonds is 2. The lowest BCUT2D eigenvalue weighted by atomic mass is 10.1. The number of benzene rings is 2. The van der Waals surface area contributed by atoms with Gasteiger partial charge in [-0.1, -0.05) is 18.2 Å². The van der Waals surface area contributed by atoms with Crippen molar-refractivity contribution in [1.82, 2.24) is 14.3 Å². The summed E-state index contributed by atoms with van der Waals surface area (Å²) in [7, 11) is 0. The van der Waals surface area contributed by atoms with E-state index >= 15 is 0 Å². The summed E-state index contributed by atoms with van der Waals surface area (Å²) in [5, 5.41) is 3.03. The van der Waals surface area contributed by atoms with Gasteiger partial charge in [-0.25, -0.2) is 9.78 Å². The first-order valence-electron chi connectivity index (χ1n) is 10.3. The molecular formula is C24H25N5O. The van der Waals surface area contributed by atoms with Crippen LogP contribution in [0, 0.1) is 13.8 Å². The van der Waals surface area contributed by atoms with Gasteiger partial charge in [-0.15, -0.1) is 0 Å². The predicted octanol–water partition coefficient (Wildman–Crippen LogP) is 4.46. The number of nitrogens with zero attached hydrogens (tertiary/aromatic N) is 4. The number of fused-ring (bicyclic) bond motifs is 3. The normalized spacial score (nSPS) is 14.5. The molecule has 6 heteroatoms. The van der Waals surface area contributed by atoms with Gasteiger partial charge in [-0.2, -0.15) is 0 Å². The molecule has 0 unspecified atom stereocenters. The molecule has 0 atom stereocenters. The smallest absolute Gasteiger partial charge is 0.321 e. The van der Waals surface area contributed by atoms with Gasteiger partial charge in [0.1, 0.15) is 0 Å². The summed E-state index contributed by atoms with van der Waals surface area (Å²) in [6.07, 6.45) is 2.08. The standard InChI is InChI=1S/C24H25N5O/c1-17-9-10-19(16-18(17)2)25-24(30)28-14-12-27(13-15-28)23-22-8-5-11-29(22)21-7-4-3-6-20(21)26-23/h3-11,16H,12-15H2,1-2H3,(H,25,30). The number of aryl methyl sites for hydroxylation is 2. The van der Waals surface area contributed by atoms with E-state index in [9.17, 15) is 4.79 Å². The summed E-state index contributed by atoms with van der Waals surface area (Å²) >= 11 is 0. The Hall–Kier alpha value is -3.54. The molecule has 0 saturated carbocycles. The second kappa shape index (κ2) is 7.37. The first kappa shape index (κ1) is 18.5. The van der Waals surface area contributed by atoms with Crippen molar-refractivity contribution in [2.45, 2.75) is 13.8 Å².